The lowest BCUT2D eigenvalue weighted by molar-refractivity contribution is -0.139. The third-order valence-electron chi connectivity index (χ3n) is 2.73. The topological polar surface area (TPSA) is 57.6 Å². The lowest BCUT2D eigenvalue weighted by Gasteiger charge is -2.22. The van der Waals surface area contributed by atoms with Crippen molar-refractivity contribution in [3.05, 3.63) is 35.4 Å². The van der Waals surface area contributed by atoms with Gasteiger partial charge in [0.15, 0.2) is 0 Å². The first-order valence-electron chi connectivity index (χ1n) is 5.94. The van der Waals surface area contributed by atoms with Crippen molar-refractivity contribution in [2.75, 3.05) is 13.1 Å². The summed E-state index contributed by atoms with van der Waals surface area (Å²) >= 11 is 0. The molecule has 20 heavy (non-hydrogen) atoms. The average molecular weight is 289 g/mol. The van der Waals surface area contributed by atoms with Gasteiger partial charge in [-0.1, -0.05) is 12.1 Å². The summed E-state index contributed by atoms with van der Waals surface area (Å²) in [6.07, 6.45) is -4.94. The summed E-state index contributed by atoms with van der Waals surface area (Å²) in [4.78, 5) is 23.7. The zero-order valence-corrected chi connectivity index (χ0v) is 10.8. The SMILES string of the molecule is CCN(CCC(=O)O)C(=O)c1ccccc1C(F)(F)F. The number of aliphatic carboxylic acids is 1. The highest BCUT2D eigenvalue weighted by Gasteiger charge is 2.35. The fourth-order valence-electron chi connectivity index (χ4n) is 1.72. The van der Waals surface area contributed by atoms with E-state index in [0.717, 1.165) is 17.0 Å². The third-order valence-corrected chi connectivity index (χ3v) is 2.73. The van der Waals surface area contributed by atoms with Gasteiger partial charge in [0.05, 0.1) is 17.5 Å². The standard InChI is InChI=1S/C13H14F3NO3/c1-2-17(8-7-11(18)19)12(20)9-5-3-4-6-10(9)13(14,15)16/h3-6H,2,7-8H2,1H3,(H,18,19). The van der Waals surface area contributed by atoms with Crippen molar-refractivity contribution < 1.29 is 27.9 Å². The molecule has 1 N–H and O–H groups in total. The Hall–Kier alpha value is -2.05. The van der Waals surface area contributed by atoms with Gasteiger partial charge in [-0.2, -0.15) is 13.2 Å². The van der Waals surface area contributed by atoms with E-state index in [1.807, 2.05) is 0 Å². The molecule has 0 aliphatic heterocycles. The first-order chi connectivity index (χ1) is 9.27. The number of carboxylic acids is 1. The van der Waals surface area contributed by atoms with Gasteiger partial charge in [0.1, 0.15) is 0 Å². The van der Waals surface area contributed by atoms with E-state index in [4.69, 9.17) is 5.11 Å². The van der Waals surface area contributed by atoms with Crippen LogP contribution in [-0.4, -0.2) is 35.0 Å². The maximum Gasteiger partial charge on any atom is 0.417 e. The zero-order chi connectivity index (χ0) is 15.3. The van der Waals surface area contributed by atoms with Crippen LogP contribution >= 0.6 is 0 Å². The molecule has 1 amide bonds. The van der Waals surface area contributed by atoms with Gasteiger partial charge in [-0.3, -0.25) is 9.59 Å². The minimum atomic E-state index is -4.63. The molecule has 0 fully saturated rings. The van der Waals surface area contributed by atoms with E-state index in [2.05, 4.69) is 0 Å². The minimum absolute atomic E-state index is 0.128. The molecular formula is C13H14F3NO3. The maximum atomic E-state index is 12.8. The summed E-state index contributed by atoms with van der Waals surface area (Å²) in [5.41, 5.74) is -1.48. The Morgan fingerprint density at radius 1 is 1.25 bits per heavy atom. The summed E-state index contributed by atoms with van der Waals surface area (Å²) in [7, 11) is 0. The molecule has 0 radical (unpaired) electrons. The number of nitrogens with zero attached hydrogens (tertiary/aromatic N) is 1. The van der Waals surface area contributed by atoms with Crippen molar-refractivity contribution in [2.45, 2.75) is 19.5 Å². The van der Waals surface area contributed by atoms with E-state index in [1.54, 1.807) is 6.92 Å². The van der Waals surface area contributed by atoms with Crippen LogP contribution in [0.3, 0.4) is 0 Å². The average Bonchev–Trinajstić information content (AvgIpc) is 2.38. The first-order valence-corrected chi connectivity index (χ1v) is 5.94. The van der Waals surface area contributed by atoms with Crippen LogP contribution in [0.15, 0.2) is 24.3 Å². The van der Waals surface area contributed by atoms with Gasteiger partial charge < -0.3 is 10.0 Å². The highest BCUT2D eigenvalue weighted by Crippen LogP contribution is 2.32. The smallest absolute Gasteiger partial charge is 0.417 e. The summed E-state index contributed by atoms with van der Waals surface area (Å²) < 4.78 is 38.5. The number of carboxylic acid groups (broad SMARTS) is 1. The molecule has 0 aliphatic rings. The second-order valence-electron chi connectivity index (χ2n) is 4.07. The summed E-state index contributed by atoms with van der Waals surface area (Å²) in [6, 6.07) is 4.47. The highest BCUT2D eigenvalue weighted by atomic mass is 19.4. The molecule has 1 aromatic rings. The fraction of sp³-hybridized carbons (Fsp3) is 0.385. The molecule has 0 bridgehead atoms. The molecule has 4 nitrogen and oxygen atoms in total. The van der Waals surface area contributed by atoms with Crippen molar-refractivity contribution in [3.63, 3.8) is 0 Å². The predicted octanol–water partition coefficient (Wildman–Crippen LogP) is 2.64. The lowest BCUT2D eigenvalue weighted by atomic mass is 10.1. The Morgan fingerprint density at radius 2 is 1.85 bits per heavy atom. The molecule has 0 aromatic heterocycles. The van der Waals surface area contributed by atoms with Gasteiger partial charge in [-0.05, 0) is 19.1 Å². The van der Waals surface area contributed by atoms with E-state index in [-0.39, 0.29) is 19.5 Å². The van der Waals surface area contributed by atoms with Crippen molar-refractivity contribution in [3.8, 4) is 0 Å². The third kappa shape index (κ3) is 3.97. The first kappa shape index (κ1) is 16.0. The second kappa shape index (κ2) is 6.40. The van der Waals surface area contributed by atoms with Crippen LogP contribution in [0.5, 0.6) is 0 Å². The molecule has 0 heterocycles. The van der Waals surface area contributed by atoms with Gasteiger partial charge in [0.25, 0.3) is 5.91 Å². The monoisotopic (exact) mass is 289 g/mol. The molecule has 0 saturated carbocycles. The molecule has 0 saturated heterocycles. The van der Waals surface area contributed by atoms with Crippen LogP contribution in [0.4, 0.5) is 13.2 Å². The summed E-state index contributed by atoms with van der Waals surface area (Å²) in [5, 5.41) is 8.58. The Kier molecular flexibility index (Phi) is 5.12. The Bertz CT molecular complexity index is 500. The number of rotatable bonds is 5. The van der Waals surface area contributed by atoms with Gasteiger partial charge in [0, 0.05) is 13.1 Å². The van der Waals surface area contributed by atoms with Gasteiger partial charge in [-0.25, -0.2) is 0 Å². The van der Waals surface area contributed by atoms with Gasteiger partial charge in [0.2, 0.25) is 0 Å². The largest absolute Gasteiger partial charge is 0.481 e. The summed E-state index contributed by atoms with van der Waals surface area (Å²) in [5.74, 6) is -1.93. The van der Waals surface area contributed by atoms with Crippen LogP contribution < -0.4 is 0 Å². The van der Waals surface area contributed by atoms with Crippen molar-refractivity contribution in [1.82, 2.24) is 4.90 Å². The Balaban J connectivity index is 3.04. The molecule has 1 rings (SSSR count). The number of amides is 1. The van der Waals surface area contributed by atoms with Crippen LogP contribution in [0, 0.1) is 0 Å². The number of carbonyl (C=O) groups excluding carboxylic acids is 1. The molecule has 0 spiro atoms. The van der Waals surface area contributed by atoms with Gasteiger partial charge >= 0.3 is 12.1 Å². The number of hydrogen-bond donors (Lipinski definition) is 1. The predicted molar refractivity (Wildman–Crippen MR) is 65.3 cm³/mol. The van der Waals surface area contributed by atoms with E-state index < -0.39 is 29.2 Å². The van der Waals surface area contributed by atoms with Crippen molar-refractivity contribution >= 4 is 11.9 Å². The maximum absolute atomic E-state index is 12.8. The molecule has 0 unspecified atom stereocenters. The minimum Gasteiger partial charge on any atom is -0.481 e. The number of alkyl halides is 3. The van der Waals surface area contributed by atoms with Crippen LogP contribution in [-0.2, 0) is 11.0 Å². The number of carbonyl (C=O) groups is 2. The van der Waals surface area contributed by atoms with Crippen molar-refractivity contribution in [1.29, 1.82) is 0 Å². The molecule has 0 atom stereocenters. The zero-order valence-electron chi connectivity index (χ0n) is 10.8. The number of halogens is 3. The fourth-order valence-corrected chi connectivity index (χ4v) is 1.72. The van der Waals surface area contributed by atoms with Crippen LogP contribution in [0.1, 0.15) is 29.3 Å². The Labute approximate surface area is 113 Å². The number of benzene rings is 1. The lowest BCUT2D eigenvalue weighted by Crippen LogP contribution is -2.34. The quantitative estimate of drug-likeness (QED) is 0.906. The number of hydrogen-bond acceptors (Lipinski definition) is 2. The van der Waals surface area contributed by atoms with E-state index >= 15 is 0 Å². The van der Waals surface area contributed by atoms with Crippen molar-refractivity contribution in [2.24, 2.45) is 0 Å². The van der Waals surface area contributed by atoms with Crippen LogP contribution in [0.2, 0.25) is 0 Å². The van der Waals surface area contributed by atoms with E-state index in [0.29, 0.717) is 0 Å². The second-order valence-corrected chi connectivity index (χ2v) is 4.07. The molecule has 0 aliphatic carbocycles. The molecular weight excluding hydrogens is 275 g/mol. The summed E-state index contributed by atoms with van der Waals surface area (Å²) in [6.45, 7) is 1.59. The Morgan fingerprint density at radius 3 is 2.35 bits per heavy atom. The molecule has 110 valence electrons. The van der Waals surface area contributed by atoms with Gasteiger partial charge in [-0.15, -0.1) is 0 Å². The normalized spacial score (nSPS) is 11.2. The molecule has 1 aromatic carbocycles. The van der Waals surface area contributed by atoms with E-state index in [9.17, 15) is 22.8 Å². The van der Waals surface area contributed by atoms with E-state index in [1.165, 1.54) is 12.1 Å². The molecule has 7 heteroatoms. The van der Waals surface area contributed by atoms with Crippen LogP contribution in [0.25, 0.3) is 0 Å². The highest BCUT2D eigenvalue weighted by molar-refractivity contribution is 5.96.